The Kier molecular flexibility index (Phi) is 19.2. The van der Waals surface area contributed by atoms with E-state index in [-0.39, 0.29) is 0 Å². The first-order valence-corrected chi connectivity index (χ1v) is 16.4. The van der Waals surface area contributed by atoms with E-state index in [1.807, 2.05) is 0 Å². The molecule has 0 spiro atoms. The third kappa shape index (κ3) is 16.1. The monoisotopic (exact) mass is 508 g/mol. The minimum atomic E-state index is 1.10. The van der Waals surface area contributed by atoms with Crippen LogP contribution in [0.1, 0.15) is 159 Å². The van der Waals surface area contributed by atoms with E-state index >= 15 is 0 Å². The first kappa shape index (κ1) is 31.6. The fourth-order valence-corrected chi connectivity index (χ4v) is 5.51. The van der Waals surface area contributed by atoms with Crippen LogP contribution >= 0.6 is 0 Å². The van der Waals surface area contributed by atoms with Crippen molar-refractivity contribution in [2.24, 2.45) is 0 Å². The average molecular weight is 509 g/mol. The predicted octanol–water partition coefficient (Wildman–Crippen LogP) is 11.1. The maximum Gasteiger partial charge on any atom is 0.108 e. The van der Waals surface area contributed by atoms with Gasteiger partial charge in [0.2, 0.25) is 0 Å². The van der Waals surface area contributed by atoms with E-state index < -0.39 is 0 Å². The lowest BCUT2D eigenvalue weighted by molar-refractivity contribution is 0.517. The second kappa shape index (κ2) is 22.4. The summed E-state index contributed by atoms with van der Waals surface area (Å²) in [5, 5.41) is 0. The standard InChI is InChI=1S/C35H60N2/c1-3-5-7-9-10-11-12-13-14-15-16-17-19-24-31-37-32-34(29-25-28-33-26-21-20-22-27-33)36-35(37)30-23-18-8-6-4-2/h20-22,26-27,32H,3-19,23-25,28-31H2,1-2H3. The summed E-state index contributed by atoms with van der Waals surface area (Å²) in [5.74, 6) is 1.35. The number of unbranched alkanes of at least 4 members (excludes halogenated alkanes) is 17. The molecule has 2 nitrogen and oxygen atoms in total. The summed E-state index contributed by atoms with van der Waals surface area (Å²) in [6, 6.07) is 10.9. The number of rotatable bonds is 25. The molecule has 0 atom stereocenters. The normalized spacial score (nSPS) is 11.4. The molecule has 0 aliphatic carbocycles. The second-order valence-corrected chi connectivity index (χ2v) is 11.4. The number of imidazole rings is 1. The molecule has 0 fully saturated rings. The summed E-state index contributed by atoms with van der Waals surface area (Å²) in [5.41, 5.74) is 2.75. The fraction of sp³-hybridized carbons (Fsp3) is 0.743. The summed E-state index contributed by atoms with van der Waals surface area (Å²) >= 11 is 0. The Morgan fingerprint density at radius 1 is 0.514 bits per heavy atom. The molecule has 0 saturated carbocycles. The van der Waals surface area contributed by atoms with Gasteiger partial charge in [-0.05, 0) is 37.7 Å². The molecule has 210 valence electrons. The average Bonchev–Trinajstić information content (AvgIpc) is 3.30. The Labute approximate surface area is 231 Å². The molecule has 2 aromatic rings. The van der Waals surface area contributed by atoms with Crippen LogP contribution in [0.15, 0.2) is 36.5 Å². The van der Waals surface area contributed by atoms with E-state index in [4.69, 9.17) is 4.98 Å². The Hall–Kier alpha value is -1.57. The molecular formula is C35H60N2. The Balaban J connectivity index is 1.61. The topological polar surface area (TPSA) is 17.8 Å². The van der Waals surface area contributed by atoms with Gasteiger partial charge < -0.3 is 4.57 Å². The molecule has 2 rings (SSSR count). The predicted molar refractivity (Wildman–Crippen MR) is 163 cm³/mol. The first-order valence-electron chi connectivity index (χ1n) is 16.4. The highest BCUT2D eigenvalue weighted by Gasteiger charge is 2.08. The molecule has 0 unspecified atom stereocenters. The molecule has 0 N–H and O–H groups in total. The van der Waals surface area contributed by atoms with Gasteiger partial charge in [-0.1, -0.05) is 153 Å². The number of hydrogen-bond donors (Lipinski definition) is 0. The van der Waals surface area contributed by atoms with Gasteiger partial charge in [-0.3, -0.25) is 0 Å². The molecule has 0 aliphatic rings. The van der Waals surface area contributed by atoms with Crippen LogP contribution in [0.4, 0.5) is 0 Å². The molecule has 0 amide bonds. The van der Waals surface area contributed by atoms with E-state index in [2.05, 4.69) is 54.9 Å². The zero-order valence-electron chi connectivity index (χ0n) is 24.8. The molecule has 1 aromatic carbocycles. The highest BCUT2D eigenvalue weighted by Crippen LogP contribution is 2.16. The first-order chi connectivity index (χ1) is 18.3. The van der Waals surface area contributed by atoms with Crippen molar-refractivity contribution in [1.29, 1.82) is 0 Å². The summed E-state index contributed by atoms with van der Waals surface area (Å²) in [7, 11) is 0. The molecule has 2 heteroatoms. The minimum absolute atomic E-state index is 1.10. The van der Waals surface area contributed by atoms with E-state index in [0.29, 0.717) is 0 Å². The zero-order chi connectivity index (χ0) is 26.2. The van der Waals surface area contributed by atoms with Crippen molar-refractivity contribution in [1.82, 2.24) is 9.55 Å². The molecule has 37 heavy (non-hydrogen) atoms. The lowest BCUT2D eigenvalue weighted by atomic mass is 10.0. The lowest BCUT2D eigenvalue weighted by Crippen LogP contribution is -2.03. The number of nitrogens with zero attached hydrogens (tertiary/aromatic N) is 2. The largest absolute Gasteiger partial charge is 0.335 e. The van der Waals surface area contributed by atoms with Crippen molar-refractivity contribution >= 4 is 0 Å². The quantitative estimate of drug-likeness (QED) is 0.122. The Bertz CT molecular complexity index is 748. The maximum atomic E-state index is 5.11. The molecule has 0 aliphatic heterocycles. The van der Waals surface area contributed by atoms with Gasteiger partial charge >= 0.3 is 0 Å². The third-order valence-corrected chi connectivity index (χ3v) is 7.91. The number of aryl methyl sites for hydroxylation is 4. The number of benzene rings is 1. The van der Waals surface area contributed by atoms with Crippen molar-refractivity contribution in [2.45, 2.75) is 168 Å². The maximum absolute atomic E-state index is 5.11. The molecule has 1 heterocycles. The van der Waals surface area contributed by atoms with Crippen molar-refractivity contribution in [3.05, 3.63) is 53.6 Å². The van der Waals surface area contributed by atoms with Gasteiger partial charge in [0, 0.05) is 19.2 Å². The molecule has 0 bridgehead atoms. The van der Waals surface area contributed by atoms with E-state index in [1.165, 1.54) is 145 Å². The van der Waals surface area contributed by atoms with Crippen LogP contribution in [0.25, 0.3) is 0 Å². The van der Waals surface area contributed by atoms with Crippen molar-refractivity contribution < 1.29 is 0 Å². The molecule has 1 aromatic heterocycles. The lowest BCUT2D eigenvalue weighted by Gasteiger charge is -2.08. The van der Waals surface area contributed by atoms with E-state index in [9.17, 15) is 0 Å². The van der Waals surface area contributed by atoms with Gasteiger partial charge in [-0.2, -0.15) is 0 Å². The molecule has 0 radical (unpaired) electrons. The third-order valence-electron chi connectivity index (χ3n) is 7.91. The van der Waals surface area contributed by atoms with Crippen molar-refractivity contribution in [3.63, 3.8) is 0 Å². The van der Waals surface area contributed by atoms with Crippen LogP contribution < -0.4 is 0 Å². The summed E-state index contributed by atoms with van der Waals surface area (Å²) in [6.45, 7) is 5.76. The smallest absolute Gasteiger partial charge is 0.108 e. The van der Waals surface area contributed by atoms with Gasteiger partial charge in [0.15, 0.2) is 0 Å². The highest BCUT2D eigenvalue weighted by atomic mass is 15.1. The number of aromatic nitrogens is 2. The van der Waals surface area contributed by atoms with Crippen LogP contribution in [-0.4, -0.2) is 9.55 Å². The van der Waals surface area contributed by atoms with Crippen LogP contribution in [0.2, 0.25) is 0 Å². The van der Waals surface area contributed by atoms with Crippen LogP contribution in [0.3, 0.4) is 0 Å². The van der Waals surface area contributed by atoms with Crippen molar-refractivity contribution in [2.75, 3.05) is 0 Å². The van der Waals surface area contributed by atoms with Gasteiger partial charge in [0.1, 0.15) is 5.82 Å². The summed E-state index contributed by atoms with van der Waals surface area (Å²) < 4.78 is 2.51. The van der Waals surface area contributed by atoms with Gasteiger partial charge in [-0.25, -0.2) is 4.98 Å². The van der Waals surface area contributed by atoms with E-state index in [1.54, 1.807) is 0 Å². The second-order valence-electron chi connectivity index (χ2n) is 11.4. The van der Waals surface area contributed by atoms with Crippen LogP contribution in [-0.2, 0) is 25.8 Å². The van der Waals surface area contributed by atoms with Gasteiger partial charge in [-0.15, -0.1) is 0 Å². The Morgan fingerprint density at radius 2 is 1.03 bits per heavy atom. The van der Waals surface area contributed by atoms with E-state index in [0.717, 1.165) is 25.8 Å². The van der Waals surface area contributed by atoms with Crippen LogP contribution in [0.5, 0.6) is 0 Å². The zero-order valence-corrected chi connectivity index (χ0v) is 24.8. The molecule has 0 saturated heterocycles. The molecular weight excluding hydrogens is 448 g/mol. The van der Waals surface area contributed by atoms with Crippen molar-refractivity contribution in [3.8, 4) is 0 Å². The van der Waals surface area contributed by atoms with Crippen LogP contribution in [0, 0.1) is 0 Å². The summed E-state index contributed by atoms with van der Waals surface area (Å²) in [6.07, 6.45) is 33.6. The number of hydrogen-bond acceptors (Lipinski definition) is 1. The van der Waals surface area contributed by atoms with Gasteiger partial charge in [0.05, 0.1) is 5.69 Å². The summed E-state index contributed by atoms with van der Waals surface area (Å²) in [4.78, 5) is 5.11. The fourth-order valence-electron chi connectivity index (χ4n) is 5.51. The Morgan fingerprint density at radius 3 is 1.59 bits per heavy atom. The highest BCUT2D eigenvalue weighted by molar-refractivity contribution is 5.15. The van der Waals surface area contributed by atoms with Gasteiger partial charge in [0.25, 0.3) is 0 Å². The minimum Gasteiger partial charge on any atom is -0.335 e. The SMILES string of the molecule is CCCCCCCCCCCCCCCCn1cc(CCCc2ccccc2)nc1CCCCCCC.